The molecule has 3 aromatic heterocycles. The lowest BCUT2D eigenvalue weighted by atomic mass is 9.97. The van der Waals surface area contributed by atoms with E-state index >= 15 is 0 Å². The van der Waals surface area contributed by atoms with Gasteiger partial charge in [-0.05, 0) is 39.5 Å². The third kappa shape index (κ3) is 5.03. The highest BCUT2D eigenvalue weighted by Crippen LogP contribution is 2.33. The molecule has 4 heterocycles. The highest BCUT2D eigenvalue weighted by Gasteiger charge is 2.27. The number of carbonyl (C=O) groups is 1. The fourth-order valence-corrected chi connectivity index (χ4v) is 3.86. The van der Waals surface area contributed by atoms with E-state index in [0.29, 0.717) is 25.6 Å². The molecule has 0 bridgehead atoms. The normalized spacial score (nSPS) is 15.2. The van der Waals surface area contributed by atoms with E-state index in [1.165, 1.54) is 6.20 Å². The van der Waals surface area contributed by atoms with E-state index in [1.54, 1.807) is 0 Å². The number of nitrogens with two attached hydrogens (primary N) is 1. The van der Waals surface area contributed by atoms with Crippen LogP contribution in [0.5, 0.6) is 0 Å². The van der Waals surface area contributed by atoms with Crippen molar-refractivity contribution in [3.05, 3.63) is 42.0 Å². The zero-order valence-corrected chi connectivity index (χ0v) is 18.8. The lowest BCUT2D eigenvalue weighted by Gasteiger charge is -2.35. The van der Waals surface area contributed by atoms with Gasteiger partial charge in [-0.15, -0.1) is 5.10 Å². The molecule has 0 aliphatic carbocycles. The summed E-state index contributed by atoms with van der Waals surface area (Å²) in [6.45, 7) is 7.94. The molecule has 1 amide bonds. The maximum absolute atomic E-state index is 14.8. The minimum absolute atomic E-state index is 0.0248. The maximum atomic E-state index is 14.8. The molecule has 0 radical (unpaired) electrons. The predicted octanol–water partition coefficient (Wildman–Crippen LogP) is 3.27. The predicted molar refractivity (Wildman–Crippen MR) is 120 cm³/mol. The quantitative estimate of drug-likeness (QED) is 0.602. The first-order valence-electron chi connectivity index (χ1n) is 10.8. The van der Waals surface area contributed by atoms with E-state index in [0.717, 1.165) is 35.9 Å². The number of nitrogens with one attached hydrogen (secondary N) is 1. The second kappa shape index (κ2) is 8.89. The van der Waals surface area contributed by atoms with Crippen LogP contribution in [0.1, 0.15) is 44.0 Å². The average Bonchev–Trinajstić information content (AvgIpc) is 3.07. The molecule has 1 aliphatic rings. The summed E-state index contributed by atoms with van der Waals surface area (Å²) in [4.78, 5) is 22.7. The smallest absolute Gasteiger partial charge is 0.263 e. The number of hydrogen-bond acceptors (Lipinski definition) is 7. The molecule has 0 saturated carbocycles. The van der Waals surface area contributed by atoms with Crippen molar-refractivity contribution in [1.29, 1.82) is 0 Å². The summed E-state index contributed by atoms with van der Waals surface area (Å²) in [6, 6.07) is 0. The van der Waals surface area contributed by atoms with Crippen molar-refractivity contribution < 1.29 is 18.3 Å². The highest BCUT2D eigenvalue weighted by molar-refractivity contribution is 6.12. The Balaban J connectivity index is 1.52. The average molecular weight is 460 g/mol. The molecule has 0 unspecified atom stereocenters. The molecule has 1 aliphatic heterocycles. The van der Waals surface area contributed by atoms with Crippen LogP contribution in [0.4, 0.5) is 26.0 Å². The van der Waals surface area contributed by atoms with Crippen molar-refractivity contribution in [2.24, 2.45) is 5.92 Å². The molecule has 3 N–H and O–H groups in total. The van der Waals surface area contributed by atoms with Gasteiger partial charge in [0, 0.05) is 13.1 Å². The minimum atomic E-state index is -0.635. The first-order valence-corrected chi connectivity index (χ1v) is 10.8. The number of fused-ring (bicyclic) bond motifs is 1. The Bertz CT molecular complexity index is 1170. The monoisotopic (exact) mass is 459 g/mol. The van der Waals surface area contributed by atoms with Gasteiger partial charge in [-0.3, -0.25) is 9.78 Å². The molecule has 0 aromatic carbocycles. The van der Waals surface area contributed by atoms with E-state index in [-0.39, 0.29) is 34.0 Å². The van der Waals surface area contributed by atoms with Gasteiger partial charge in [0.1, 0.15) is 11.3 Å². The van der Waals surface area contributed by atoms with Gasteiger partial charge in [-0.1, -0.05) is 0 Å². The summed E-state index contributed by atoms with van der Waals surface area (Å²) in [5, 5.41) is 6.61. The molecule has 0 atom stereocenters. The van der Waals surface area contributed by atoms with Gasteiger partial charge in [0.25, 0.3) is 5.91 Å². The van der Waals surface area contributed by atoms with Gasteiger partial charge in [0.05, 0.1) is 42.7 Å². The zero-order valence-electron chi connectivity index (χ0n) is 18.8. The van der Waals surface area contributed by atoms with E-state index < -0.39 is 17.5 Å². The maximum Gasteiger partial charge on any atom is 0.263 e. The number of pyridine rings is 1. The Morgan fingerprint density at radius 3 is 2.67 bits per heavy atom. The van der Waals surface area contributed by atoms with Crippen LogP contribution in [0.15, 0.2) is 24.8 Å². The zero-order chi connectivity index (χ0) is 23.8. The number of halogens is 2. The molecular weight excluding hydrogens is 432 g/mol. The third-order valence-corrected chi connectivity index (χ3v) is 5.50. The van der Waals surface area contributed by atoms with Crippen molar-refractivity contribution in [1.82, 2.24) is 19.6 Å². The summed E-state index contributed by atoms with van der Waals surface area (Å²) in [7, 11) is 0. The van der Waals surface area contributed by atoms with Crippen LogP contribution < -0.4 is 16.0 Å². The lowest BCUT2D eigenvalue weighted by Crippen LogP contribution is -2.37. The van der Waals surface area contributed by atoms with Crippen LogP contribution in [-0.4, -0.2) is 50.8 Å². The molecule has 4 rings (SSSR count). The summed E-state index contributed by atoms with van der Waals surface area (Å²) in [5.74, 6) is -1.52. The molecular formula is C22H27F2N7O2. The molecule has 9 nitrogen and oxygen atoms in total. The number of anilines is 3. The van der Waals surface area contributed by atoms with Gasteiger partial charge >= 0.3 is 0 Å². The molecule has 0 spiro atoms. The summed E-state index contributed by atoms with van der Waals surface area (Å²) >= 11 is 0. The summed E-state index contributed by atoms with van der Waals surface area (Å²) in [6.07, 6.45) is 6.21. The van der Waals surface area contributed by atoms with Crippen LogP contribution in [0, 0.1) is 17.6 Å². The minimum Gasteiger partial charge on any atom is -0.381 e. The molecule has 3 aromatic rings. The second-order valence-electron chi connectivity index (χ2n) is 9.13. The molecule has 1 saturated heterocycles. The second-order valence-corrected chi connectivity index (χ2v) is 9.13. The molecule has 176 valence electrons. The Morgan fingerprint density at radius 1 is 1.24 bits per heavy atom. The first-order chi connectivity index (χ1) is 15.6. The topological polar surface area (TPSA) is 111 Å². The van der Waals surface area contributed by atoms with Crippen molar-refractivity contribution in [2.75, 3.05) is 35.6 Å². The Labute approximate surface area is 189 Å². The van der Waals surface area contributed by atoms with Gasteiger partial charge in [0.2, 0.25) is 0 Å². The van der Waals surface area contributed by atoms with Crippen molar-refractivity contribution in [3.63, 3.8) is 0 Å². The summed E-state index contributed by atoms with van der Waals surface area (Å²) in [5.41, 5.74) is 6.22. The number of rotatable bonds is 5. The Morgan fingerprint density at radius 2 is 1.97 bits per heavy atom. The first kappa shape index (κ1) is 22.8. The number of amides is 1. The molecule has 33 heavy (non-hydrogen) atoms. The van der Waals surface area contributed by atoms with Crippen LogP contribution in [-0.2, 0) is 4.74 Å². The van der Waals surface area contributed by atoms with Gasteiger partial charge < -0.3 is 20.7 Å². The van der Waals surface area contributed by atoms with E-state index in [2.05, 4.69) is 20.4 Å². The van der Waals surface area contributed by atoms with Crippen LogP contribution >= 0.6 is 0 Å². The van der Waals surface area contributed by atoms with E-state index in [9.17, 15) is 13.6 Å². The third-order valence-electron chi connectivity index (χ3n) is 5.50. The lowest BCUT2D eigenvalue weighted by molar-refractivity contribution is -0.0257. The standard InChI is InChI=1S/C22H27F2N7O2/c1-22(2,3)33-12-13-4-6-30(7-5-13)18-15(24)9-26-10-16(18)28-21(32)17-19(25)29-31-11-14(23)8-27-20(17)31/h8-11,13H,4-7,12H2,1-3H3,(H2,25,29)(H,28,32). The SMILES string of the molecule is CC(C)(C)OCC1CCN(c2c(F)cncc2NC(=O)c2c(N)nn3cc(F)cnc23)CC1. The van der Waals surface area contributed by atoms with Gasteiger partial charge in [0.15, 0.2) is 23.1 Å². The van der Waals surface area contributed by atoms with E-state index in [4.69, 9.17) is 10.5 Å². The van der Waals surface area contributed by atoms with Gasteiger partial charge in [-0.2, -0.15) is 0 Å². The van der Waals surface area contributed by atoms with Gasteiger partial charge in [-0.25, -0.2) is 18.3 Å². The number of piperidine rings is 1. The Kier molecular flexibility index (Phi) is 6.15. The highest BCUT2D eigenvalue weighted by atomic mass is 19.1. The van der Waals surface area contributed by atoms with Crippen LogP contribution in [0.25, 0.3) is 5.65 Å². The van der Waals surface area contributed by atoms with Crippen LogP contribution in [0.2, 0.25) is 0 Å². The number of nitrogen functional groups attached to an aromatic ring is 1. The number of ether oxygens (including phenoxy) is 1. The molecule has 1 fully saturated rings. The fourth-order valence-electron chi connectivity index (χ4n) is 3.86. The Hall–Kier alpha value is -3.34. The van der Waals surface area contributed by atoms with E-state index in [1.807, 2.05) is 25.7 Å². The largest absolute Gasteiger partial charge is 0.381 e. The number of hydrogen-bond donors (Lipinski definition) is 2. The number of carbonyl (C=O) groups excluding carboxylic acids is 1. The van der Waals surface area contributed by atoms with Crippen molar-refractivity contribution in [2.45, 2.75) is 39.2 Å². The molecule has 11 heteroatoms. The van der Waals surface area contributed by atoms with Crippen LogP contribution in [0.3, 0.4) is 0 Å². The number of aromatic nitrogens is 4. The fraction of sp³-hybridized carbons (Fsp3) is 0.455. The summed E-state index contributed by atoms with van der Waals surface area (Å²) < 4.78 is 35.3. The van der Waals surface area contributed by atoms with Crippen molar-refractivity contribution >= 4 is 28.7 Å². The number of nitrogens with zero attached hydrogens (tertiary/aromatic N) is 5. The van der Waals surface area contributed by atoms with Crippen molar-refractivity contribution in [3.8, 4) is 0 Å².